The molecule has 0 fully saturated rings. The molecule has 16 heteroatoms. The van der Waals surface area contributed by atoms with Crippen LogP contribution in [0.1, 0.15) is 18.5 Å². The number of amides is 4. The Bertz CT molecular complexity index is 879. The van der Waals surface area contributed by atoms with E-state index in [4.69, 9.17) is 21.7 Å². The van der Waals surface area contributed by atoms with Crippen LogP contribution in [0.15, 0.2) is 12.5 Å². The van der Waals surface area contributed by atoms with E-state index in [2.05, 4.69) is 33.2 Å². The summed E-state index contributed by atoms with van der Waals surface area (Å²) in [6.45, 7) is 0. The molecule has 0 aliphatic carbocycles. The number of nitrogens with zero attached hydrogens (tertiary/aromatic N) is 1. The minimum Gasteiger partial charge on any atom is -0.481 e. The molecule has 0 aliphatic heterocycles. The summed E-state index contributed by atoms with van der Waals surface area (Å²) in [4.78, 5) is 77.5. The quantitative estimate of drug-likeness (QED) is 0.115. The first-order chi connectivity index (χ1) is 15.4. The van der Waals surface area contributed by atoms with Crippen molar-refractivity contribution in [2.45, 2.75) is 43.4 Å². The molecular weight excluding hydrogens is 462 g/mol. The summed E-state index contributed by atoms with van der Waals surface area (Å²) >= 11 is 3.78. The number of nitrogens with one attached hydrogen (secondary N) is 4. The summed E-state index contributed by atoms with van der Waals surface area (Å²) < 4.78 is 0. The lowest BCUT2D eigenvalue weighted by Crippen LogP contribution is -2.58. The highest BCUT2D eigenvalue weighted by Gasteiger charge is 2.32. The summed E-state index contributed by atoms with van der Waals surface area (Å²) in [6.07, 6.45) is 1.25. The van der Waals surface area contributed by atoms with Gasteiger partial charge in [0.2, 0.25) is 23.6 Å². The van der Waals surface area contributed by atoms with E-state index >= 15 is 0 Å². The van der Waals surface area contributed by atoms with Crippen molar-refractivity contribution in [3.8, 4) is 0 Å². The maximum absolute atomic E-state index is 12.6. The Balaban J connectivity index is 2.93. The van der Waals surface area contributed by atoms with Gasteiger partial charge >= 0.3 is 11.9 Å². The number of hydrogen-bond donors (Lipinski definition) is 9. The molecule has 33 heavy (non-hydrogen) atoms. The van der Waals surface area contributed by atoms with Gasteiger partial charge < -0.3 is 42.6 Å². The van der Waals surface area contributed by atoms with Gasteiger partial charge in [-0.05, 0) is 0 Å². The number of aromatic nitrogens is 2. The SMILES string of the molecule is NC(=O)CC(NC(=O)C(N)Cc1cnc[nH]1)C(=O)NC(CC(=O)O)C(=O)NC(CS)C(=O)O. The first-order valence-corrected chi connectivity index (χ1v) is 10.1. The Labute approximate surface area is 192 Å². The third-order valence-corrected chi connectivity index (χ3v) is 4.54. The molecule has 0 radical (unpaired) electrons. The summed E-state index contributed by atoms with van der Waals surface area (Å²) in [6, 6.07) is -5.89. The topological polar surface area (TPSA) is 260 Å². The second kappa shape index (κ2) is 13.0. The number of rotatable bonds is 14. The van der Waals surface area contributed by atoms with Crippen molar-refractivity contribution in [3.05, 3.63) is 18.2 Å². The molecule has 0 saturated carbocycles. The van der Waals surface area contributed by atoms with E-state index in [0.29, 0.717) is 5.69 Å². The smallest absolute Gasteiger partial charge is 0.327 e. The summed E-state index contributed by atoms with van der Waals surface area (Å²) in [5, 5.41) is 24.4. The summed E-state index contributed by atoms with van der Waals surface area (Å²) in [5.74, 6) is -7.23. The summed E-state index contributed by atoms with van der Waals surface area (Å²) in [7, 11) is 0. The highest BCUT2D eigenvalue weighted by molar-refractivity contribution is 7.80. The van der Waals surface area contributed by atoms with Crippen molar-refractivity contribution in [1.82, 2.24) is 25.9 Å². The fourth-order valence-electron chi connectivity index (χ4n) is 2.53. The summed E-state index contributed by atoms with van der Waals surface area (Å²) in [5.41, 5.74) is 11.4. The van der Waals surface area contributed by atoms with Crippen molar-refractivity contribution < 1.29 is 39.0 Å². The van der Waals surface area contributed by atoms with E-state index in [1.54, 1.807) is 0 Å². The van der Waals surface area contributed by atoms with E-state index < -0.39 is 72.6 Å². The number of thiol groups is 1. The van der Waals surface area contributed by atoms with E-state index in [9.17, 15) is 28.8 Å². The molecule has 0 saturated heterocycles. The van der Waals surface area contributed by atoms with E-state index in [1.807, 2.05) is 5.32 Å². The van der Waals surface area contributed by atoms with Crippen LogP contribution in [-0.4, -0.2) is 85.7 Å². The Morgan fingerprint density at radius 2 is 1.52 bits per heavy atom. The predicted molar refractivity (Wildman–Crippen MR) is 114 cm³/mol. The number of aliphatic carboxylic acids is 2. The largest absolute Gasteiger partial charge is 0.481 e. The molecule has 1 aromatic heterocycles. The predicted octanol–water partition coefficient (Wildman–Crippen LogP) is -3.90. The second-order valence-corrected chi connectivity index (χ2v) is 7.23. The highest BCUT2D eigenvalue weighted by Crippen LogP contribution is 2.02. The van der Waals surface area contributed by atoms with Gasteiger partial charge in [-0.25, -0.2) is 9.78 Å². The number of carbonyl (C=O) groups is 6. The Kier molecular flexibility index (Phi) is 10.8. The molecule has 182 valence electrons. The Morgan fingerprint density at radius 1 is 0.970 bits per heavy atom. The second-order valence-electron chi connectivity index (χ2n) is 6.86. The number of hydrogen-bond acceptors (Lipinski definition) is 9. The Hall–Kier alpha value is -3.66. The number of carbonyl (C=O) groups excluding carboxylic acids is 4. The zero-order valence-electron chi connectivity index (χ0n) is 17.2. The minimum absolute atomic E-state index is 0.0289. The standard InChI is InChI=1S/C17H25N7O8S/c18-8(1-7-4-20-6-21-7)14(28)22-9(2-12(19)25)15(29)23-10(3-13(26)27)16(30)24-11(5-33)17(31)32/h4,6,8-11,33H,1-3,5,18H2,(H2,19,25)(H,20,21)(H,22,28)(H,23,29)(H,24,30)(H,26,27)(H,31,32). The number of primary amides is 1. The van der Waals surface area contributed by atoms with Crippen LogP contribution in [0, 0.1) is 0 Å². The first kappa shape index (κ1) is 27.4. The molecule has 4 atom stereocenters. The molecule has 1 rings (SSSR count). The van der Waals surface area contributed by atoms with Crippen LogP contribution < -0.4 is 27.4 Å². The number of nitrogens with two attached hydrogens (primary N) is 2. The maximum atomic E-state index is 12.6. The zero-order valence-corrected chi connectivity index (χ0v) is 18.1. The van der Waals surface area contributed by atoms with Gasteiger partial charge in [-0.15, -0.1) is 0 Å². The van der Waals surface area contributed by atoms with Crippen LogP contribution in [0.25, 0.3) is 0 Å². The van der Waals surface area contributed by atoms with E-state index in [-0.39, 0.29) is 12.2 Å². The van der Waals surface area contributed by atoms with Gasteiger partial charge in [0.1, 0.15) is 18.1 Å². The monoisotopic (exact) mass is 487 g/mol. The van der Waals surface area contributed by atoms with Crippen LogP contribution in [0.4, 0.5) is 0 Å². The number of H-pyrrole nitrogens is 1. The molecule has 15 nitrogen and oxygen atoms in total. The first-order valence-electron chi connectivity index (χ1n) is 9.42. The molecule has 0 bridgehead atoms. The van der Waals surface area contributed by atoms with Gasteiger partial charge in [0.05, 0.1) is 25.2 Å². The average molecular weight is 487 g/mol. The van der Waals surface area contributed by atoms with Crippen molar-refractivity contribution in [2.75, 3.05) is 5.75 Å². The molecule has 0 aromatic carbocycles. The minimum atomic E-state index is -1.72. The fourth-order valence-corrected chi connectivity index (χ4v) is 2.78. The Morgan fingerprint density at radius 3 is 1.97 bits per heavy atom. The van der Waals surface area contributed by atoms with Crippen LogP contribution in [0.3, 0.4) is 0 Å². The molecule has 1 heterocycles. The van der Waals surface area contributed by atoms with Crippen molar-refractivity contribution in [2.24, 2.45) is 11.5 Å². The maximum Gasteiger partial charge on any atom is 0.327 e. The number of imidazole rings is 1. The molecule has 1 aromatic rings. The number of carboxylic acid groups (broad SMARTS) is 2. The lowest BCUT2D eigenvalue weighted by atomic mass is 10.1. The van der Waals surface area contributed by atoms with Crippen molar-refractivity contribution >= 4 is 48.2 Å². The molecule has 4 unspecified atom stereocenters. The van der Waals surface area contributed by atoms with Gasteiger partial charge in [0, 0.05) is 24.1 Å². The van der Waals surface area contributed by atoms with Gasteiger partial charge in [-0.1, -0.05) is 0 Å². The third-order valence-electron chi connectivity index (χ3n) is 4.18. The normalized spacial score (nSPS) is 14.2. The van der Waals surface area contributed by atoms with Crippen molar-refractivity contribution in [1.29, 1.82) is 0 Å². The van der Waals surface area contributed by atoms with Crippen molar-refractivity contribution in [3.63, 3.8) is 0 Å². The van der Waals surface area contributed by atoms with E-state index in [1.165, 1.54) is 12.5 Å². The average Bonchev–Trinajstić information content (AvgIpc) is 3.22. The van der Waals surface area contributed by atoms with Gasteiger partial charge in [-0.3, -0.25) is 24.0 Å². The van der Waals surface area contributed by atoms with Gasteiger partial charge in [-0.2, -0.15) is 12.6 Å². The molecule has 0 aliphatic rings. The van der Waals surface area contributed by atoms with Crippen LogP contribution >= 0.6 is 12.6 Å². The highest BCUT2D eigenvalue weighted by atomic mass is 32.1. The van der Waals surface area contributed by atoms with Crippen LogP contribution in [-0.2, 0) is 35.2 Å². The van der Waals surface area contributed by atoms with Gasteiger partial charge in [0.15, 0.2) is 0 Å². The zero-order chi connectivity index (χ0) is 25.1. The number of carboxylic acids is 2. The van der Waals surface area contributed by atoms with Crippen LogP contribution in [0.5, 0.6) is 0 Å². The third kappa shape index (κ3) is 9.56. The van der Waals surface area contributed by atoms with Gasteiger partial charge in [0.25, 0.3) is 0 Å². The fraction of sp³-hybridized carbons (Fsp3) is 0.471. The van der Waals surface area contributed by atoms with Crippen LogP contribution in [0.2, 0.25) is 0 Å². The molecule has 4 amide bonds. The lowest BCUT2D eigenvalue weighted by Gasteiger charge is -2.23. The number of aromatic amines is 1. The molecule has 0 spiro atoms. The van der Waals surface area contributed by atoms with E-state index in [0.717, 1.165) is 0 Å². The molecular formula is C17H25N7O8S. The lowest BCUT2D eigenvalue weighted by molar-refractivity contribution is -0.143. The molecule has 10 N–H and O–H groups in total.